The van der Waals surface area contributed by atoms with Crippen LogP contribution in [0.5, 0.6) is 0 Å². The van der Waals surface area contributed by atoms with Crippen LogP contribution in [0.2, 0.25) is 0 Å². The van der Waals surface area contributed by atoms with Crippen LogP contribution in [0.1, 0.15) is 20.3 Å². The Hall–Kier alpha value is 0.790. The number of alkyl halides is 1. The molecule has 0 aromatic heterocycles. The summed E-state index contributed by atoms with van der Waals surface area (Å²) in [6.45, 7) is 7.00. The summed E-state index contributed by atoms with van der Waals surface area (Å²) >= 11 is 5.39. The van der Waals surface area contributed by atoms with Crippen LogP contribution in [0.3, 0.4) is 0 Å². The van der Waals surface area contributed by atoms with Crippen molar-refractivity contribution in [2.24, 2.45) is 0 Å². The number of hydrogen-bond donors (Lipinski definition) is 0. The average Bonchev–Trinajstić information content (AvgIpc) is 2.04. The van der Waals surface area contributed by atoms with Gasteiger partial charge in [0.1, 0.15) is 0 Å². The van der Waals surface area contributed by atoms with E-state index in [1.807, 2.05) is 11.8 Å². The van der Waals surface area contributed by atoms with Crippen molar-refractivity contribution < 1.29 is 0 Å². The molecule has 0 rings (SSSR count). The number of halogens is 1. The van der Waals surface area contributed by atoms with Crippen LogP contribution in [0.15, 0.2) is 0 Å². The van der Waals surface area contributed by atoms with Gasteiger partial charge in [0, 0.05) is 23.7 Å². The fourth-order valence-corrected chi connectivity index (χ4v) is 1.77. The molecular formula is C9H20BrNS. The summed E-state index contributed by atoms with van der Waals surface area (Å²) in [4.78, 5) is 2.54. The Bertz CT molecular complexity index is 90.5. The fraction of sp³-hybridized carbons (Fsp3) is 1.00. The predicted molar refractivity (Wildman–Crippen MR) is 63.5 cm³/mol. The zero-order chi connectivity index (χ0) is 9.40. The molecule has 0 spiro atoms. The molecular weight excluding hydrogens is 234 g/mol. The summed E-state index contributed by atoms with van der Waals surface area (Å²) in [7, 11) is 0. The molecule has 0 heterocycles. The topological polar surface area (TPSA) is 3.24 Å². The summed E-state index contributed by atoms with van der Waals surface area (Å²) in [5, 5.41) is 1.12. The average molecular weight is 254 g/mol. The lowest BCUT2D eigenvalue weighted by Crippen LogP contribution is -2.33. The summed E-state index contributed by atoms with van der Waals surface area (Å²) in [5.41, 5.74) is 0. The minimum atomic E-state index is 0.691. The van der Waals surface area contributed by atoms with Crippen LogP contribution in [-0.2, 0) is 0 Å². The molecule has 0 amide bonds. The summed E-state index contributed by atoms with van der Waals surface area (Å²) in [5.74, 6) is 1.25. The third kappa shape index (κ3) is 6.32. The van der Waals surface area contributed by atoms with Crippen molar-refractivity contribution >= 4 is 27.7 Å². The van der Waals surface area contributed by atoms with Gasteiger partial charge in [-0.3, -0.25) is 0 Å². The predicted octanol–water partition coefficient (Wildman–Crippen LogP) is 2.84. The number of thioether (sulfide) groups is 1. The van der Waals surface area contributed by atoms with E-state index in [1.54, 1.807) is 0 Å². The summed E-state index contributed by atoms with van der Waals surface area (Å²) < 4.78 is 0. The van der Waals surface area contributed by atoms with Crippen molar-refractivity contribution in [2.75, 3.05) is 30.4 Å². The summed E-state index contributed by atoms with van der Waals surface area (Å²) in [6, 6.07) is 0.691. The van der Waals surface area contributed by atoms with E-state index in [4.69, 9.17) is 0 Å². The lowest BCUT2D eigenvalue weighted by molar-refractivity contribution is 0.237. The highest BCUT2D eigenvalue weighted by Crippen LogP contribution is 2.03. The van der Waals surface area contributed by atoms with Gasteiger partial charge in [-0.1, -0.05) is 15.9 Å². The molecule has 0 aliphatic heterocycles. The maximum absolute atomic E-state index is 3.46. The van der Waals surface area contributed by atoms with Crippen LogP contribution in [-0.4, -0.2) is 41.4 Å². The molecule has 0 aromatic rings. The molecule has 1 nitrogen and oxygen atoms in total. The molecule has 0 saturated heterocycles. The molecule has 0 atom stereocenters. The first-order valence-electron chi connectivity index (χ1n) is 4.51. The van der Waals surface area contributed by atoms with Crippen LogP contribution < -0.4 is 0 Å². The van der Waals surface area contributed by atoms with E-state index in [0.29, 0.717) is 6.04 Å². The Kier molecular flexibility index (Phi) is 8.94. The molecule has 74 valence electrons. The number of rotatable bonds is 7. The largest absolute Gasteiger partial charge is 0.300 e. The minimum absolute atomic E-state index is 0.691. The SMILES string of the molecule is CSCCN(CCCBr)C(C)C. The van der Waals surface area contributed by atoms with E-state index >= 15 is 0 Å². The van der Waals surface area contributed by atoms with Gasteiger partial charge in [0.2, 0.25) is 0 Å². The maximum atomic E-state index is 3.46. The fourth-order valence-electron chi connectivity index (χ4n) is 1.10. The van der Waals surface area contributed by atoms with Gasteiger partial charge in [0.15, 0.2) is 0 Å². The smallest absolute Gasteiger partial charge is 0.00749 e. The molecule has 0 fully saturated rings. The Morgan fingerprint density at radius 1 is 1.33 bits per heavy atom. The van der Waals surface area contributed by atoms with E-state index < -0.39 is 0 Å². The van der Waals surface area contributed by atoms with Crippen LogP contribution in [0.25, 0.3) is 0 Å². The standard InChI is InChI=1S/C9H20BrNS/c1-9(2)11(6-4-5-10)7-8-12-3/h9H,4-8H2,1-3H3. The van der Waals surface area contributed by atoms with E-state index in [1.165, 1.54) is 25.3 Å². The molecule has 0 bridgehead atoms. The molecule has 3 heteroatoms. The molecule has 0 N–H and O–H groups in total. The van der Waals surface area contributed by atoms with Crippen molar-refractivity contribution in [2.45, 2.75) is 26.3 Å². The zero-order valence-electron chi connectivity index (χ0n) is 8.35. The molecule has 0 unspecified atom stereocenters. The van der Waals surface area contributed by atoms with Gasteiger partial charge in [-0.15, -0.1) is 0 Å². The van der Waals surface area contributed by atoms with Crippen molar-refractivity contribution in [3.63, 3.8) is 0 Å². The van der Waals surface area contributed by atoms with E-state index in [9.17, 15) is 0 Å². The Balaban J connectivity index is 3.55. The molecule has 0 radical (unpaired) electrons. The third-order valence-corrected chi connectivity index (χ3v) is 3.04. The Labute approximate surface area is 89.4 Å². The van der Waals surface area contributed by atoms with Gasteiger partial charge >= 0.3 is 0 Å². The monoisotopic (exact) mass is 253 g/mol. The molecule has 0 aliphatic carbocycles. The van der Waals surface area contributed by atoms with Crippen LogP contribution >= 0.6 is 27.7 Å². The van der Waals surface area contributed by atoms with E-state index in [0.717, 1.165) is 5.33 Å². The number of nitrogens with zero attached hydrogens (tertiary/aromatic N) is 1. The van der Waals surface area contributed by atoms with Gasteiger partial charge in [-0.25, -0.2) is 0 Å². The lowest BCUT2D eigenvalue weighted by Gasteiger charge is -2.25. The maximum Gasteiger partial charge on any atom is 0.00749 e. The lowest BCUT2D eigenvalue weighted by atomic mass is 10.3. The molecule has 0 aliphatic rings. The Morgan fingerprint density at radius 3 is 2.42 bits per heavy atom. The molecule has 0 saturated carbocycles. The van der Waals surface area contributed by atoms with Crippen molar-refractivity contribution in [1.82, 2.24) is 4.90 Å². The van der Waals surface area contributed by atoms with Gasteiger partial charge in [-0.05, 0) is 33.1 Å². The van der Waals surface area contributed by atoms with E-state index in [-0.39, 0.29) is 0 Å². The van der Waals surface area contributed by atoms with Crippen molar-refractivity contribution in [1.29, 1.82) is 0 Å². The normalized spacial score (nSPS) is 11.5. The zero-order valence-corrected chi connectivity index (χ0v) is 10.7. The second-order valence-electron chi connectivity index (χ2n) is 3.17. The highest BCUT2D eigenvalue weighted by molar-refractivity contribution is 9.09. The van der Waals surface area contributed by atoms with Gasteiger partial charge in [-0.2, -0.15) is 11.8 Å². The second-order valence-corrected chi connectivity index (χ2v) is 4.94. The van der Waals surface area contributed by atoms with Gasteiger partial charge in [0.05, 0.1) is 0 Å². The first kappa shape index (κ1) is 12.8. The Morgan fingerprint density at radius 2 is 2.00 bits per heavy atom. The molecule has 12 heavy (non-hydrogen) atoms. The minimum Gasteiger partial charge on any atom is -0.300 e. The van der Waals surface area contributed by atoms with Gasteiger partial charge < -0.3 is 4.90 Å². The highest BCUT2D eigenvalue weighted by Gasteiger charge is 2.06. The molecule has 0 aromatic carbocycles. The highest BCUT2D eigenvalue weighted by atomic mass is 79.9. The third-order valence-electron chi connectivity index (χ3n) is 1.89. The van der Waals surface area contributed by atoms with E-state index in [2.05, 4.69) is 40.9 Å². The first-order valence-corrected chi connectivity index (χ1v) is 7.02. The second kappa shape index (κ2) is 8.39. The van der Waals surface area contributed by atoms with Crippen molar-refractivity contribution in [3.8, 4) is 0 Å². The first-order chi connectivity index (χ1) is 5.72. The quantitative estimate of drug-likeness (QED) is 0.643. The van der Waals surface area contributed by atoms with Gasteiger partial charge in [0.25, 0.3) is 0 Å². The number of hydrogen-bond acceptors (Lipinski definition) is 2. The van der Waals surface area contributed by atoms with Crippen LogP contribution in [0.4, 0.5) is 0 Å². The van der Waals surface area contributed by atoms with Crippen LogP contribution in [0, 0.1) is 0 Å². The summed E-state index contributed by atoms with van der Waals surface area (Å²) in [6.07, 6.45) is 3.43. The van der Waals surface area contributed by atoms with Crippen molar-refractivity contribution in [3.05, 3.63) is 0 Å².